The number of aliphatic hydroxyl groups excluding tert-OH is 1. The van der Waals surface area contributed by atoms with Gasteiger partial charge in [-0.25, -0.2) is 4.79 Å². The lowest BCUT2D eigenvalue weighted by Crippen LogP contribution is -2.49. The quantitative estimate of drug-likeness (QED) is 0.485. The van der Waals surface area contributed by atoms with E-state index in [0.717, 1.165) is 6.42 Å². The van der Waals surface area contributed by atoms with Crippen LogP contribution in [0.3, 0.4) is 0 Å². The molecule has 0 saturated carbocycles. The Morgan fingerprint density at radius 2 is 2.50 bits per heavy atom. The summed E-state index contributed by atoms with van der Waals surface area (Å²) in [5.74, 6) is -0.547. The molecule has 1 amide bonds. The highest BCUT2D eigenvalue weighted by Gasteiger charge is 2.44. The van der Waals surface area contributed by atoms with Crippen molar-refractivity contribution < 1.29 is 19.4 Å². The van der Waals surface area contributed by atoms with Crippen LogP contribution in [0.5, 0.6) is 0 Å². The molecule has 0 aromatic carbocycles. The largest absolute Gasteiger partial charge is 0.459 e. The lowest BCUT2D eigenvalue weighted by Gasteiger charge is -2.35. The van der Waals surface area contributed by atoms with Crippen LogP contribution in [0.1, 0.15) is 12.8 Å². The Bertz CT molecular complexity index is 310. The minimum Gasteiger partial charge on any atom is -0.459 e. The smallest absolute Gasteiger partial charge is 0.354 e. The Labute approximate surface area is 80.9 Å². The summed E-state index contributed by atoms with van der Waals surface area (Å²) in [7, 11) is 0. The number of hydrogen-bond acceptors (Lipinski definition) is 4. The van der Waals surface area contributed by atoms with E-state index < -0.39 is 5.97 Å². The van der Waals surface area contributed by atoms with Crippen molar-refractivity contribution in [3.05, 3.63) is 11.8 Å². The van der Waals surface area contributed by atoms with Crippen LogP contribution in [-0.4, -0.2) is 41.1 Å². The number of nitrogens with zero attached hydrogens (tertiary/aromatic N) is 1. The first-order valence-electron chi connectivity index (χ1n) is 4.54. The van der Waals surface area contributed by atoms with Gasteiger partial charge in [0.05, 0.1) is 6.61 Å². The molecule has 5 nitrogen and oxygen atoms in total. The van der Waals surface area contributed by atoms with E-state index in [2.05, 4.69) is 0 Å². The van der Waals surface area contributed by atoms with Gasteiger partial charge in [-0.3, -0.25) is 4.79 Å². The van der Waals surface area contributed by atoms with Crippen molar-refractivity contribution in [3.8, 4) is 0 Å². The fraction of sp³-hybridized carbons (Fsp3) is 0.556. The number of rotatable bonds is 3. The molecule has 1 fully saturated rings. The molecule has 0 aromatic heterocycles. The van der Waals surface area contributed by atoms with Gasteiger partial charge in [-0.05, 0) is 6.42 Å². The summed E-state index contributed by atoms with van der Waals surface area (Å²) in [5.41, 5.74) is 0.333. The van der Waals surface area contributed by atoms with Crippen molar-refractivity contribution in [1.29, 1.82) is 0 Å². The Hall–Kier alpha value is -1.36. The average Bonchev–Trinajstić information content (AvgIpc) is 2.51. The van der Waals surface area contributed by atoms with Crippen molar-refractivity contribution in [2.45, 2.75) is 18.9 Å². The first kappa shape index (κ1) is 9.21. The van der Waals surface area contributed by atoms with Crippen molar-refractivity contribution >= 4 is 11.9 Å². The zero-order valence-electron chi connectivity index (χ0n) is 7.60. The number of carbonyl (C=O) groups excluding carboxylic acids is 2. The Morgan fingerprint density at radius 1 is 1.71 bits per heavy atom. The third-order valence-electron chi connectivity index (χ3n) is 2.42. The van der Waals surface area contributed by atoms with Gasteiger partial charge in [-0.15, -0.1) is 0 Å². The van der Waals surface area contributed by atoms with Crippen molar-refractivity contribution in [3.63, 3.8) is 0 Å². The summed E-state index contributed by atoms with van der Waals surface area (Å²) in [6.45, 7) is -0.223. The van der Waals surface area contributed by atoms with Crippen LogP contribution in [0.25, 0.3) is 0 Å². The molecule has 0 radical (unpaired) electrons. The van der Waals surface area contributed by atoms with Gasteiger partial charge in [-0.1, -0.05) is 6.08 Å². The van der Waals surface area contributed by atoms with Crippen LogP contribution in [-0.2, 0) is 14.3 Å². The molecular weight excluding hydrogens is 186 g/mol. The first-order chi connectivity index (χ1) is 6.74. The molecule has 2 aliphatic rings. The summed E-state index contributed by atoms with van der Waals surface area (Å²) in [4.78, 5) is 23.9. The summed E-state index contributed by atoms with van der Waals surface area (Å²) < 4.78 is 4.72. The molecule has 0 aliphatic carbocycles. The zero-order valence-corrected chi connectivity index (χ0v) is 7.60. The normalized spacial score (nSPS) is 24.1. The second-order valence-electron chi connectivity index (χ2n) is 3.31. The maximum absolute atomic E-state index is 11.3. The number of esters is 1. The van der Waals surface area contributed by atoms with Crippen LogP contribution < -0.4 is 0 Å². The third-order valence-corrected chi connectivity index (χ3v) is 2.42. The number of fused-ring (bicyclic) bond motifs is 1. The highest BCUT2D eigenvalue weighted by Crippen LogP contribution is 2.33. The van der Waals surface area contributed by atoms with Crippen LogP contribution in [0.4, 0.5) is 0 Å². The molecule has 2 aliphatic heterocycles. The molecule has 1 atom stereocenters. The second kappa shape index (κ2) is 3.42. The van der Waals surface area contributed by atoms with Crippen molar-refractivity contribution in [2.75, 3.05) is 13.2 Å². The average molecular weight is 197 g/mol. The summed E-state index contributed by atoms with van der Waals surface area (Å²) in [6.07, 6.45) is 2.97. The fourth-order valence-electron chi connectivity index (χ4n) is 1.74. The number of carbonyl (C=O) groups is 2. The Morgan fingerprint density at radius 3 is 3.14 bits per heavy atom. The maximum Gasteiger partial charge on any atom is 0.354 e. The van der Waals surface area contributed by atoms with E-state index in [0.29, 0.717) is 12.1 Å². The van der Waals surface area contributed by atoms with E-state index in [1.807, 2.05) is 0 Å². The van der Waals surface area contributed by atoms with Gasteiger partial charge in [-0.2, -0.15) is 0 Å². The summed E-state index contributed by atoms with van der Waals surface area (Å²) in [6, 6.07) is 0.166. The molecule has 0 bridgehead atoms. The minimum atomic E-state index is -0.519. The van der Waals surface area contributed by atoms with E-state index in [9.17, 15) is 9.59 Å². The standard InChI is InChI=1S/C9H11NO4/c11-3-4-14-9(13)7-2-1-6-5-8(12)10(6)7/h2,6,11H,1,3-5H2/t6-/m1/s1. The molecule has 1 saturated heterocycles. The van der Waals surface area contributed by atoms with Crippen LogP contribution in [0.15, 0.2) is 11.8 Å². The molecule has 14 heavy (non-hydrogen) atoms. The van der Waals surface area contributed by atoms with Crippen molar-refractivity contribution in [1.82, 2.24) is 4.90 Å². The van der Waals surface area contributed by atoms with Gasteiger partial charge in [0.2, 0.25) is 5.91 Å². The van der Waals surface area contributed by atoms with E-state index in [1.54, 1.807) is 6.08 Å². The minimum absolute atomic E-state index is 0.0249. The first-order valence-corrected chi connectivity index (χ1v) is 4.54. The van der Waals surface area contributed by atoms with Crippen LogP contribution in [0, 0.1) is 0 Å². The lowest BCUT2D eigenvalue weighted by atomic mass is 10.0. The van der Waals surface area contributed by atoms with Gasteiger partial charge in [0.1, 0.15) is 12.3 Å². The highest BCUT2D eigenvalue weighted by atomic mass is 16.5. The summed E-state index contributed by atoms with van der Waals surface area (Å²) >= 11 is 0. The van der Waals surface area contributed by atoms with Gasteiger partial charge in [0, 0.05) is 12.5 Å². The number of ether oxygens (including phenoxy) is 1. The topological polar surface area (TPSA) is 66.8 Å². The van der Waals surface area contributed by atoms with Gasteiger partial charge in [0.25, 0.3) is 0 Å². The van der Waals surface area contributed by atoms with Crippen molar-refractivity contribution in [2.24, 2.45) is 0 Å². The van der Waals surface area contributed by atoms with Gasteiger partial charge in [0.15, 0.2) is 0 Å². The number of hydrogen-bond donors (Lipinski definition) is 1. The molecule has 0 aromatic rings. The molecule has 0 spiro atoms. The van der Waals surface area contributed by atoms with E-state index >= 15 is 0 Å². The molecule has 5 heteroatoms. The molecule has 2 rings (SSSR count). The fourth-order valence-corrected chi connectivity index (χ4v) is 1.74. The van der Waals surface area contributed by atoms with Gasteiger partial charge < -0.3 is 14.7 Å². The highest BCUT2D eigenvalue weighted by molar-refractivity contribution is 5.98. The third kappa shape index (κ3) is 1.29. The van der Waals surface area contributed by atoms with Crippen LogP contribution >= 0.6 is 0 Å². The Balaban J connectivity index is 1.98. The predicted molar refractivity (Wildman–Crippen MR) is 46.0 cm³/mol. The number of aliphatic hydroxyl groups is 1. The van der Waals surface area contributed by atoms with Gasteiger partial charge >= 0.3 is 5.97 Å². The number of amides is 1. The Kier molecular flexibility index (Phi) is 2.25. The summed E-state index contributed by atoms with van der Waals surface area (Å²) in [5, 5.41) is 8.46. The predicted octanol–water partition coefficient (Wildman–Crippen LogP) is -0.590. The SMILES string of the molecule is O=C(OCCO)C1=CC[C@@H]2CC(=O)N12. The maximum atomic E-state index is 11.3. The lowest BCUT2D eigenvalue weighted by molar-refractivity contribution is -0.150. The van der Waals surface area contributed by atoms with Crippen LogP contribution in [0.2, 0.25) is 0 Å². The molecule has 1 N–H and O–H groups in total. The zero-order chi connectivity index (χ0) is 10.1. The second-order valence-corrected chi connectivity index (χ2v) is 3.31. The van der Waals surface area contributed by atoms with E-state index in [-0.39, 0.29) is 25.2 Å². The number of β-lactam (4-membered cyclic amide) rings is 1. The molecule has 0 unspecified atom stereocenters. The monoisotopic (exact) mass is 197 g/mol. The molecule has 76 valence electrons. The van der Waals surface area contributed by atoms with E-state index in [4.69, 9.17) is 9.84 Å². The van der Waals surface area contributed by atoms with E-state index in [1.165, 1.54) is 4.90 Å². The molecular formula is C9H11NO4. The molecule has 2 heterocycles.